The molecule has 0 amide bonds. The molecule has 2 rings (SSSR count). The second kappa shape index (κ2) is 5.72. The molecule has 1 aromatic carbocycles. The number of benzene rings is 1. The quantitative estimate of drug-likeness (QED) is 0.840. The van der Waals surface area contributed by atoms with E-state index < -0.39 is 0 Å². The number of aliphatic hydroxyl groups is 1. The number of fused-ring (bicyclic) bond motifs is 1. The van der Waals surface area contributed by atoms with Crippen molar-refractivity contribution in [2.75, 3.05) is 20.3 Å². The van der Waals surface area contributed by atoms with Gasteiger partial charge in [0.1, 0.15) is 5.75 Å². The summed E-state index contributed by atoms with van der Waals surface area (Å²) in [5.41, 5.74) is 2.53. The molecule has 2 atom stereocenters. The summed E-state index contributed by atoms with van der Waals surface area (Å²) in [5.74, 6) is 1.69. The summed E-state index contributed by atoms with van der Waals surface area (Å²) in [4.78, 5) is 0. The minimum Gasteiger partial charge on any atom is -0.493 e. The van der Waals surface area contributed by atoms with Crippen LogP contribution in [0.15, 0.2) is 18.2 Å². The summed E-state index contributed by atoms with van der Waals surface area (Å²) in [6, 6.07) is 6.57. The van der Waals surface area contributed by atoms with E-state index in [-0.39, 0.29) is 18.6 Å². The van der Waals surface area contributed by atoms with E-state index in [9.17, 15) is 5.11 Å². The molecular weight excluding hydrogens is 226 g/mol. The average molecular weight is 249 g/mol. The Morgan fingerprint density at radius 3 is 2.78 bits per heavy atom. The third-order valence-electron chi connectivity index (χ3n) is 3.88. The minimum absolute atomic E-state index is 0.195. The molecule has 0 aliphatic carbocycles. The summed E-state index contributed by atoms with van der Waals surface area (Å²) < 4.78 is 5.53. The Morgan fingerprint density at radius 2 is 2.17 bits per heavy atom. The molecule has 3 heteroatoms. The lowest BCUT2D eigenvalue weighted by molar-refractivity contribution is 0.154. The molecule has 2 unspecified atom stereocenters. The van der Waals surface area contributed by atoms with E-state index in [1.165, 1.54) is 11.1 Å². The van der Waals surface area contributed by atoms with Crippen molar-refractivity contribution in [3.63, 3.8) is 0 Å². The second-order valence-corrected chi connectivity index (χ2v) is 5.32. The fraction of sp³-hybridized carbons (Fsp3) is 0.600. The highest BCUT2D eigenvalue weighted by Crippen LogP contribution is 2.32. The lowest BCUT2D eigenvalue weighted by Gasteiger charge is -2.29. The molecule has 3 nitrogen and oxygen atoms in total. The summed E-state index contributed by atoms with van der Waals surface area (Å²) >= 11 is 0. The maximum absolute atomic E-state index is 9.59. The molecule has 0 aromatic heterocycles. The Hall–Kier alpha value is -1.06. The van der Waals surface area contributed by atoms with Gasteiger partial charge in [0.25, 0.3) is 0 Å². The highest BCUT2D eigenvalue weighted by atomic mass is 16.5. The van der Waals surface area contributed by atoms with Crippen LogP contribution in [0.3, 0.4) is 0 Å². The molecule has 1 heterocycles. The molecule has 1 aliphatic rings. The molecule has 0 spiro atoms. The van der Waals surface area contributed by atoms with Crippen LogP contribution in [0.4, 0.5) is 0 Å². The number of nitrogens with one attached hydrogen (secondary N) is 1. The maximum Gasteiger partial charge on any atom is 0.122 e. The molecule has 18 heavy (non-hydrogen) atoms. The van der Waals surface area contributed by atoms with Crippen molar-refractivity contribution in [3.05, 3.63) is 29.3 Å². The van der Waals surface area contributed by atoms with Crippen LogP contribution >= 0.6 is 0 Å². The van der Waals surface area contributed by atoms with Gasteiger partial charge in [-0.15, -0.1) is 0 Å². The number of hydrogen-bond donors (Lipinski definition) is 2. The first-order valence-corrected chi connectivity index (χ1v) is 6.71. The Labute approximate surface area is 109 Å². The highest BCUT2D eigenvalue weighted by Gasteiger charge is 2.25. The molecule has 0 fully saturated rings. The zero-order valence-corrected chi connectivity index (χ0v) is 11.4. The third kappa shape index (κ3) is 2.52. The lowest BCUT2D eigenvalue weighted by Crippen LogP contribution is -2.31. The van der Waals surface area contributed by atoms with E-state index in [0.29, 0.717) is 5.92 Å². The van der Waals surface area contributed by atoms with Gasteiger partial charge in [-0.3, -0.25) is 0 Å². The Bertz CT molecular complexity index is 403. The second-order valence-electron chi connectivity index (χ2n) is 5.32. The first-order valence-electron chi connectivity index (χ1n) is 6.71. The smallest absolute Gasteiger partial charge is 0.122 e. The van der Waals surface area contributed by atoms with Crippen molar-refractivity contribution in [1.82, 2.24) is 5.32 Å². The van der Waals surface area contributed by atoms with Crippen molar-refractivity contribution in [2.45, 2.75) is 26.3 Å². The van der Waals surface area contributed by atoms with Gasteiger partial charge in [-0.05, 0) is 30.2 Å². The van der Waals surface area contributed by atoms with Crippen LogP contribution in [0.25, 0.3) is 0 Å². The lowest BCUT2D eigenvalue weighted by atomic mass is 9.84. The van der Waals surface area contributed by atoms with E-state index in [2.05, 4.69) is 37.4 Å². The number of aliphatic hydroxyl groups excluding tert-OH is 1. The monoisotopic (exact) mass is 249 g/mol. The van der Waals surface area contributed by atoms with E-state index >= 15 is 0 Å². The van der Waals surface area contributed by atoms with Gasteiger partial charge in [-0.25, -0.2) is 0 Å². The zero-order chi connectivity index (χ0) is 13.1. The molecule has 2 N–H and O–H groups in total. The molecule has 100 valence electrons. The highest BCUT2D eigenvalue weighted by molar-refractivity contribution is 5.41. The fourth-order valence-electron chi connectivity index (χ4n) is 2.73. The van der Waals surface area contributed by atoms with Gasteiger partial charge in [0.15, 0.2) is 0 Å². The maximum atomic E-state index is 9.59. The Balaban J connectivity index is 2.27. The molecule has 0 saturated heterocycles. The Morgan fingerprint density at radius 1 is 1.39 bits per heavy atom. The molecule has 1 aromatic rings. The van der Waals surface area contributed by atoms with Gasteiger partial charge in [-0.2, -0.15) is 0 Å². The number of ether oxygens (including phenoxy) is 1. The Kier molecular flexibility index (Phi) is 4.25. The van der Waals surface area contributed by atoms with Gasteiger partial charge >= 0.3 is 0 Å². The van der Waals surface area contributed by atoms with Crippen molar-refractivity contribution in [1.29, 1.82) is 0 Å². The van der Waals surface area contributed by atoms with Gasteiger partial charge in [0, 0.05) is 25.0 Å². The molecule has 0 saturated carbocycles. The normalized spacial score (nSPS) is 17.4. The minimum atomic E-state index is 0.195. The van der Waals surface area contributed by atoms with Gasteiger partial charge < -0.3 is 15.2 Å². The predicted molar refractivity (Wildman–Crippen MR) is 72.9 cm³/mol. The average Bonchev–Trinajstić information content (AvgIpc) is 2.82. The van der Waals surface area contributed by atoms with Crippen LogP contribution in [-0.4, -0.2) is 25.4 Å². The van der Waals surface area contributed by atoms with Crippen LogP contribution in [0.1, 0.15) is 31.0 Å². The molecule has 0 bridgehead atoms. The summed E-state index contributed by atoms with van der Waals surface area (Å²) in [5, 5.41) is 12.9. The first kappa shape index (κ1) is 13.4. The third-order valence-corrected chi connectivity index (χ3v) is 3.88. The molecular formula is C15H23NO2. The van der Waals surface area contributed by atoms with Crippen molar-refractivity contribution in [3.8, 4) is 5.75 Å². The van der Waals surface area contributed by atoms with Gasteiger partial charge in [0.05, 0.1) is 6.61 Å². The first-order chi connectivity index (χ1) is 8.67. The van der Waals surface area contributed by atoms with Crippen LogP contribution in [0.5, 0.6) is 5.75 Å². The van der Waals surface area contributed by atoms with Gasteiger partial charge in [-0.1, -0.05) is 26.0 Å². The van der Waals surface area contributed by atoms with Crippen LogP contribution in [0, 0.1) is 11.8 Å². The summed E-state index contributed by atoms with van der Waals surface area (Å²) in [6.07, 6.45) is 0.991. The summed E-state index contributed by atoms with van der Waals surface area (Å²) in [6.45, 7) is 5.30. The zero-order valence-electron chi connectivity index (χ0n) is 11.4. The molecule has 1 aliphatic heterocycles. The van der Waals surface area contributed by atoms with E-state index in [0.717, 1.165) is 18.8 Å². The van der Waals surface area contributed by atoms with Crippen LogP contribution < -0.4 is 10.1 Å². The SMILES string of the molecule is CNC(c1ccc2c(c1)CCO2)C(CO)C(C)C. The number of hydrogen-bond acceptors (Lipinski definition) is 3. The van der Waals surface area contributed by atoms with E-state index in [1.54, 1.807) is 0 Å². The topological polar surface area (TPSA) is 41.5 Å². The standard InChI is InChI=1S/C15H23NO2/c1-10(2)13(9-17)15(16-3)12-4-5-14-11(8-12)6-7-18-14/h4-5,8,10,13,15-17H,6-7,9H2,1-3H3. The van der Waals surface area contributed by atoms with Crippen LogP contribution in [0.2, 0.25) is 0 Å². The van der Waals surface area contributed by atoms with Crippen molar-refractivity contribution < 1.29 is 9.84 Å². The van der Waals surface area contributed by atoms with Crippen molar-refractivity contribution >= 4 is 0 Å². The van der Waals surface area contributed by atoms with E-state index in [4.69, 9.17) is 4.74 Å². The van der Waals surface area contributed by atoms with E-state index in [1.807, 2.05) is 7.05 Å². The van der Waals surface area contributed by atoms with Gasteiger partial charge in [0.2, 0.25) is 0 Å². The van der Waals surface area contributed by atoms with Crippen LogP contribution in [-0.2, 0) is 6.42 Å². The summed E-state index contributed by atoms with van der Waals surface area (Å²) in [7, 11) is 1.96. The predicted octanol–water partition coefficient (Wildman–Crippen LogP) is 2.15. The van der Waals surface area contributed by atoms with Crippen molar-refractivity contribution in [2.24, 2.45) is 11.8 Å². The molecule has 0 radical (unpaired) electrons. The number of rotatable bonds is 5. The fourth-order valence-corrected chi connectivity index (χ4v) is 2.73. The largest absolute Gasteiger partial charge is 0.493 e.